The number of benzene rings is 1. The molecule has 1 aliphatic heterocycles. The quantitative estimate of drug-likeness (QED) is 0.605. The Morgan fingerprint density at radius 1 is 1.26 bits per heavy atom. The van der Waals surface area contributed by atoms with Crippen molar-refractivity contribution in [3.63, 3.8) is 0 Å². The third-order valence-electron chi connectivity index (χ3n) is 4.89. The molecule has 2 heterocycles. The van der Waals surface area contributed by atoms with Crippen LogP contribution < -0.4 is 0 Å². The average molecular weight is 395 g/mol. The minimum atomic E-state index is -3.57. The smallest absolute Gasteiger partial charge is 0.232 e. The molecule has 0 atom stereocenters. The van der Waals surface area contributed by atoms with Crippen LogP contribution in [-0.2, 0) is 26.9 Å². The van der Waals surface area contributed by atoms with E-state index in [0.29, 0.717) is 24.7 Å². The molecule has 146 valence electrons. The van der Waals surface area contributed by atoms with Crippen molar-refractivity contribution >= 4 is 10.0 Å². The van der Waals surface area contributed by atoms with Crippen LogP contribution in [-0.4, -0.2) is 49.2 Å². The molecule has 9 heteroatoms. The topological polar surface area (TPSA) is 85.5 Å². The first-order chi connectivity index (χ1) is 13.0. The van der Waals surface area contributed by atoms with E-state index in [1.165, 1.54) is 35.3 Å². The Morgan fingerprint density at radius 2 is 2.04 bits per heavy atom. The van der Waals surface area contributed by atoms with Crippen molar-refractivity contribution < 1.29 is 22.1 Å². The fraction of sp³-hybridized carbons (Fsp3) is 0.556. The Hall–Kier alpha value is -1.84. The summed E-state index contributed by atoms with van der Waals surface area (Å²) in [5, 5.41) is 3.93. The first-order valence-electron chi connectivity index (χ1n) is 9.13. The third-order valence-corrected chi connectivity index (χ3v) is 6.65. The molecule has 2 aromatic rings. The number of rotatable bonds is 9. The van der Waals surface area contributed by atoms with Gasteiger partial charge in [0.25, 0.3) is 0 Å². The van der Waals surface area contributed by atoms with E-state index in [0.717, 1.165) is 12.5 Å². The summed E-state index contributed by atoms with van der Waals surface area (Å²) in [6.07, 6.45) is 3.09. The van der Waals surface area contributed by atoms with Crippen molar-refractivity contribution in [1.29, 1.82) is 0 Å². The van der Waals surface area contributed by atoms with Crippen molar-refractivity contribution in [2.75, 3.05) is 26.3 Å². The van der Waals surface area contributed by atoms with Gasteiger partial charge < -0.3 is 9.26 Å². The van der Waals surface area contributed by atoms with Gasteiger partial charge >= 0.3 is 0 Å². The van der Waals surface area contributed by atoms with Gasteiger partial charge in [0.15, 0.2) is 5.82 Å². The molecule has 2 fully saturated rings. The lowest BCUT2D eigenvalue weighted by Crippen LogP contribution is -2.48. The molecule has 0 unspecified atom stereocenters. The summed E-state index contributed by atoms with van der Waals surface area (Å²) in [7, 11) is -3.57. The van der Waals surface area contributed by atoms with Crippen LogP contribution in [0.25, 0.3) is 0 Å². The van der Waals surface area contributed by atoms with Crippen LogP contribution in [0.1, 0.15) is 36.0 Å². The van der Waals surface area contributed by atoms with Gasteiger partial charge in [-0.3, -0.25) is 0 Å². The zero-order chi connectivity index (χ0) is 18.9. The van der Waals surface area contributed by atoms with E-state index < -0.39 is 15.8 Å². The molecule has 0 amide bonds. The van der Waals surface area contributed by atoms with E-state index in [-0.39, 0.29) is 30.3 Å². The second-order valence-electron chi connectivity index (χ2n) is 7.18. The summed E-state index contributed by atoms with van der Waals surface area (Å²) in [5.74, 6) is 0.772. The first-order valence-corrected chi connectivity index (χ1v) is 10.7. The third kappa shape index (κ3) is 4.53. The van der Waals surface area contributed by atoms with E-state index in [1.807, 2.05) is 0 Å². The van der Waals surface area contributed by atoms with Crippen LogP contribution in [0, 0.1) is 11.7 Å². The molecule has 0 bridgehead atoms. The molecule has 1 saturated heterocycles. The van der Waals surface area contributed by atoms with E-state index in [9.17, 15) is 12.8 Å². The molecule has 2 aliphatic rings. The van der Waals surface area contributed by atoms with Crippen LogP contribution in [0.5, 0.6) is 0 Å². The van der Waals surface area contributed by atoms with Gasteiger partial charge in [0.2, 0.25) is 15.9 Å². The van der Waals surface area contributed by atoms with Crippen molar-refractivity contribution in [3.05, 3.63) is 47.4 Å². The Bertz CT molecular complexity index is 892. The molecule has 1 aromatic carbocycles. The highest BCUT2D eigenvalue weighted by atomic mass is 32.2. The molecule has 0 spiro atoms. The number of ether oxygens (including phenoxy) is 1. The normalized spacial score (nSPS) is 18.6. The Morgan fingerprint density at radius 3 is 2.78 bits per heavy atom. The van der Waals surface area contributed by atoms with Crippen LogP contribution in [0.4, 0.5) is 4.39 Å². The highest BCUT2D eigenvalue weighted by molar-refractivity contribution is 7.88. The van der Waals surface area contributed by atoms with Gasteiger partial charge in [-0.1, -0.05) is 23.4 Å². The minimum Gasteiger partial charge on any atom is -0.381 e. The maximum Gasteiger partial charge on any atom is 0.232 e. The molecule has 1 saturated carbocycles. The number of hydrogen-bond donors (Lipinski definition) is 0. The second-order valence-corrected chi connectivity index (χ2v) is 9.15. The van der Waals surface area contributed by atoms with Crippen molar-refractivity contribution in [1.82, 2.24) is 14.4 Å². The maximum absolute atomic E-state index is 13.7. The molecule has 0 radical (unpaired) electrons. The van der Waals surface area contributed by atoms with Gasteiger partial charge in [-0.25, -0.2) is 12.8 Å². The molecule has 4 rings (SSSR count). The fourth-order valence-electron chi connectivity index (χ4n) is 2.96. The standard InChI is InChI=1S/C18H22FN3O4S/c19-16-4-2-1-3-14(16)12-27(23,24)22-9-15(10-22)18-20-17(21-26-18)7-8-25-11-13-5-6-13/h1-4,13,15H,5-12H2. The summed E-state index contributed by atoms with van der Waals surface area (Å²) < 4.78 is 50.7. The summed E-state index contributed by atoms with van der Waals surface area (Å²) in [6, 6.07) is 5.91. The minimum absolute atomic E-state index is 0.117. The van der Waals surface area contributed by atoms with Gasteiger partial charge in [-0.05, 0) is 24.8 Å². The molecule has 27 heavy (non-hydrogen) atoms. The highest BCUT2D eigenvalue weighted by Gasteiger charge is 2.39. The summed E-state index contributed by atoms with van der Waals surface area (Å²) in [4.78, 5) is 4.34. The van der Waals surface area contributed by atoms with Crippen LogP contribution in [0.3, 0.4) is 0 Å². The van der Waals surface area contributed by atoms with Gasteiger partial charge in [-0.15, -0.1) is 0 Å². The number of sulfonamides is 1. The van der Waals surface area contributed by atoms with E-state index in [1.54, 1.807) is 6.07 Å². The van der Waals surface area contributed by atoms with Crippen molar-refractivity contribution in [2.45, 2.75) is 30.9 Å². The molecular weight excluding hydrogens is 373 g/mol. The van der Waals surface area contributed by atoms with Gasteiger partial charge in [0.05, 0.1) is 18.3 Å². The Balaban J connectivity index is 1.26. The van der Waals surface area contributed by atoms with Crippen LogP contribution >= 0.6 is 0 Å². The first kappa shape index (κ1) is 18.5. The Kier molecular flexibility index (Phi) is 5.25. The lowest BCUT2D eigenvalue weighted by atomic mass is 10.0. The molecule has 1 aromatic heterocycles. The predicted octanol–water partition coefficient (Wildman–Crippen LogP) is 2.11. The molecule has 1 aliphatic carbocycles. The van der Waals surface area contributed by atoms with Gasteiger partial charge in [-0.2, -0.15) is 9.29 Å². The predicted molar refractivity (Wildman–Crippen MR) is 94.9 cm³/mol. The molecule has 0 N–H and O–H groups in total. The summed E-state index contributed by atoms with van der Waals surface area (Å²) in [6.45, 7) is 1.90. The zero-order valence-electron chi connectivity index (χ0n) is 14.9. The Labute approximate surface area is 157 Å². The van der Waals surface area contributed by atoms with Crippen LogP contribution in [0.2, 0.25) is 0 Å². The number of nitrogens with zero attached hydrogens (tertiary/aromatic N) is 3. The zero-order valence-corrected chi connectivity index (χ0v) is 15.7. The number of halogens is 1. The van der Waals surface area contributed by atoms with E-state index in [4.69, 9.17) is 9.26 Å². The van der Waals surface area contributed by atoms with Crippen LogP contribution in [0.15, 0.2) is 28.8 Å². The van der Waals surface area contributed by atoms with E-state index >= 15 is 0 Å². The molecule has 7 nitrogen and oxygen atoms in total. The SMILES string of the molecule is O=S(=O)(Cc1ccccc1F)N1CC(c2nc(CCOCC3CC3)no2)C1. The van der Waals surface area contributed by atoms with Gasteiger partial charge in [0, 0.05) is 31.7 Å². The summed E-state index contributed by atoms with van der Waals surface area (Å²) in [5.41, 5.74) is 0.173. The fourth-order valence-corrected chi connectivity index (χ4v) is 4.58. The monoisotopic (exact) mass is 395 g/mol. The number of hydrogen-bond acceptors (Lipinski definition) is 6. The maximum atomic E-state index is 13.7. The van der Waals surface area contributed by atoms with E-state index in [2.05, 4.69) is 10.1 Å². The largest absolute Gasteiger partial charge is 0.381 e. The average Bonchev–Trinajstić information content (AvgIpc) is 3.30. The highest BCUT2D eigenvalue weighted by Crippen LogP contribution is 2.30. The van der Waals surface area contributed by atoms with Crippen molar-refractivity contribution in [2.24, 2.45) is 5.92 Å². The lowest BCUT2D eigenvalue weighted by Gasteiger charge is -2.35. The summed E-state index contributed by atoms with van der Waals surface area (Å²) >= 11 is 0. The lowest BCUT2D eigenvalue weighted by molar-refractivity contribution is 0.125. The van der Waals surface area contributed by atoms with Gasteiger partial charge in [0.1, 0.15) is 5.82 Å². The number of aromatic nitrogens is 2. The second kappa shape index (κ2) is 7.65. The van der Waals surface area contributed by atoms with Crippen molar-refractivity contribution in [3.8, 4) is 0 Å². The molecular formula is C18H22FN3O4S.